The van der Waals surface area contributed by atoms with Crippen molar-refractivity contribution < 1.29 is 4.79 Å². The van der Waals surface area contributed by atoms with Crippen LogP contribution in [0.4, 0.5) is 17.1 Å². The van der Waals surface area contributed by atoms with E-state index in [9.17, 15) is 4.79 Å². The zero-order chi connectivity index (χ0) is 15.2. The highest BCUT2D eigenvalue weighted by Gasteiger charge is 2.00. The summed E-state index contributed by atoms with van der Waals surface area (Å²) < 4.78 is 0. The predicted molar refractivity (Wildman–Crippen MR) is 86.8 cm³/mol. The summed E-state index contributed by atoms with van der Waals surface area (Å²) in [5.41, 5.74) is 16.0. The minimum atomic E-state index is -0.0722. The summed E-state index contributed by atoms with van der Waals surface area (Å²) in [5, 5.41) is 6.06. The van der Waals surface area contributed by atoms with Crippen LogP contribution < -0.4 is 22.1 Å². The molecule has 0 bridgehead atoms. The summed E-state index contributed by atoms with van der Waals surface area (Å²) in [5.74, 6) is -0.0722. The predicted octanol–water partition coefficient (Wildman–Crippen LogP) is 2.30. The van der Waals surface area contributed by atoms with E-state index in [4.69, 9.17) is 11.5 Å². The van der Waals surface area contributed by atoms with Gasteiger partial charge in [0.2, 0.25) is 5.91 Å². The molecular weight excluding hydrogens is 264 g/mol. The molecule has 0 radical (unpaired) electrons. The second-order valence-electron chi connectivity index (χ2n) is 4.85. The van der Waals surface area contributed by atoms with Crippen molar-refractivity contribution in [2.75, 3.05) is 16.4 Å². The van der Waals surface area contributed by atoms with Gasteiger partial charge in [-0.05, 0) is 41.5 Å². The van der Waals surface area contributed by atoms with Crippen molar-refractivity contribution in [1.29, 1.82) is 0 Å². The molecule has 2 aromatic rings. The van der Waals surface area contributed by atoms with Crippen molar-refractivity contribution in [1.82, 2.24) is 0 Å². The first-order valence-corrected chi connectivity index (χ1v) is 6.77. The molecule has 5 nitrogen and oxygen atoms in total. The van der Waals surface area contributed by atoms with Gasteiger partial charge in [-0.1, -0.05) is 12.1 Å². The average Bonchev–Trinajstić information content (AvgIpc) is 2.47. The van der Waals surface area contributed by atoms with Gasteiger partial charge >= 0.3 is 0 Å². The van der Waals surface area contributed by atoms with E-state index in [1.165, 1.54) is 6.92 Å². The molecule has 0 atom stereocenters. The Balaban J connectivity index is 1.98. The van der Waals surface area contributed by atoms with E-state index in [1.807, 2.05) is 42.5 Å². The first-order chi connectivity index (χ1) is 10.1. The number of hydrogen-bond acceptors (Lipinski definition) is 4. The fourth-order valence-corrected chi connectivity index (χ4v) is 2.01. The van der Waals surface area contributed by atoms with Crippen molar-refractivity contribution in [3.63, 3.8) is 0 Å². The Morgan fingerprint density at radius 3 is 2.38 bits per heavy atom. The fourth-order valence-electron chi connectivity index (χ4n) is 2.01. The van der Waals surface area contributed by atoms with E-state index >= 15 is 0 Å². The van der Waals surface area contributed by atoms with Gasteiger partial charge in [0.1, 0.15) is 0 Å². The number of hydrogen-bond donors (Lipinski definition) is 4. The zero-order valence-electron chi connectivity index (χ0n) is 12.0. The third-order valence-electron chi connectivity index (χ3n) is 3.13. The third kappa shape index (κ3) is 4.22. The highest BCUT2D eigenvalue weighted by Crippen LogP contribution is 2.18. The summed E-state index contributed by atoms with van der Waals surface area (Å²) in [6.07, 6.45) is 0. The molecule has 0 saturated heterocycles. The lowest BCUT2D eigenvalue weighted by Crippen LogP contribution is -2.06. The fraction of sp³-hybridized carbons (Fsp3) is 0.188. The Morgan fingerprint density at radius 2 is 1.76 bits per heavy atom. The third-order valence-corrected chi connectivity index (χ3v) is 3.13. The normalized spacial score (nSPS) is 10.2. The Hall–Kier alpha value is -2.53. The summed E-state index contributed by atoms with van der Waals surface area (Å²) in [6.45, 7) is 2.60. The van der Waals surface area contributed by atoms with Crippen molar-refractivity contribution in [2.45, 2.75) is 20.0 Å². The Bertz CT molecular complexity index is 623. The molecule has 0 fully saturated rings. The van der Waals surface area contributed by atoms with Crippen LogP contribution in [-0.4, -0.2) is 5.91 Å². The number of carbonyl (C=O) groups is 1. The van der Waals surface area contributed by atoms with Gasteiger partial charge in [-0.15, -0.1) is 0 Å². The van der Waals surface area contributed by atoms with E-state index in [-0.39, 0.29) is 5.91 Å². The van der Waals surface area contributed by atoms with Crippen molar-refractivity contribution in [3.05, 3.63) is 53.6 Å². The maximum Gasteiger partial charge on any atom is 0.221 e. The van der Waals surface area contributed by atoms with Crippen LogP contribution in [0.25, 0.3) is 0 Å². The van der Waals surface area contributed by atoms with Crippen molar-refractivity contribution in [3.8, 4) is 0 Å². The molecule has 2 aromatic carbocycles. The van der Waals surface area contributed by atoms with Crippen LogP contribution in [0.1, 0.15) is 18.1 Å². The minimum absolute atomic E-state index is 0.0722. The maximum absolute atomic E-state index is 11.0. The van der Waals surface area contributed by atoms with Gasteiger partial charge in [-0.25, -0.2) is 0 Å². The number of nitrogens with one attached hydrogen (secondary N) is 2. The largest absolute Gasteiger partial charge is 0.398 e. The second-order valence-corrected chi connectivity index (χ2v) is 4.85. The number of nitrogen functional groups attached to an aromatic ring is 1. The van der Waals surface area contributed by atoms with Gasteiger partial charge in [0.25, 0.3) is 0 Å². The topological polar surface area (TPSA) is 93.2 Å². The SMILES string of the molecule is CC(=O)Nc1ccc(CNc2ccc(N)c(CN)c2)cc1. The van der Waals surface area contributed by atoms with Crippen LogP contribution in [0.15, 0.2) is 42.5 Å². The molecule has 0 aromatic heterocycles. The highest BCUT2D eigenvalue weighted by molar-refractivity contribution is 5.88. The van der Waals surface area contributed by atoms with E-state index in [1.54, 1.807) is 0 Å². The first-order valence-electron chi connectivity index (χ1n) is 6.77. The van der Waals surface area contributed by atoms with Gasteiger partial charge in [0.05, 0.1) is 0 Å². The monoisotopic (exact) mass is 284 g/mol. The number of anilines is 3. The van der Waals surface area contributed by atoms with E-state index in [0.29, 0.717) is 18.8 Å². The number of benzene rings is 2. The molecule has 0 spiro atoms. The van der Waals surface area contributed by atoms with Crippen LogP contribution >= 0.6 is 0 Å². The Morgan fingerprint density at radius 1 is 1.10 bits per heavy atom. The van der Waals surface area contributed by atoms with Gasteiger partial charge < -0.3 is 22.1 Å². The van der Waals surface area contributed by atoms with E-state index < -0.39 is 0 Å². The van der Waals surface area contributed by atoms with Gasteiger partial charge in [-0.3, -0.25) is 4.79 Å². The Kier molecular flexibility index (Phi) is 4.79. The first kappa shape index (κ1) is 14.9. The van der Waals surface area contributed by atoms with Crippen molar-refractivity contribution >= 4 is 23.0 Å². The molecule has 0 heterocycles. The molecular formula is C16H20N4O. The smallest absolute Gasteiger partial charge is 0.221 e. The molecule has 0 aliphatic rings. The number of carbonyl (C=O) groups excluding carboxylic acids is 1. The number of nitrogens with two attached hydrogens (primary N) is 2. The lowest BCUT2D eigenvalue weighted by atomic mass is 10.1. The molecule has 2 rings (SSSR count). The van der Waals surface area contributed by atoms with Gasteiger partial charge in [0, 0.05) is 37.1 Å². The molecule has 0 aliphatic carbocycles. The van der Waals surface area contributed by atoms with Crippen LogP contribution in [-0.2, 0) is 17.9 Å². The molecule has 6 N–H and O–H groups in total. The number of amides is 1. The molecule has 0 saturated carbocycles. The molecule has 0 unspecified atom stereocenters. The highest BCUT2D eigenvalue weighted by atomic mass is 16.1. The molecule has 1 amide bonds. The van der Waals surface area contributed by atoms with Crippen molar-refractivity contribution in [2.24, 2.45) is 5.73 Å². The lowest BCUT2D eigenvalue weighted by molar-refractivity contribution is -0.114. The standard InChI is InChI=1S/C16H20N4O/c1-11(21)20-14-4-2-12(3-5-14)10-19-15-6-7-16(18)13(8-15)9-17/h2-8,19H,9-10,17-18H2,1H3,(H,20,21). The van der Waals surface area contributed by atoms with Crippen LogP contribution in [0, 0.1) is 0 Å². The van der Waals surface area contributed by atoms with E-state index in [0.717, 1.165) is 22.5 Å². The lowest BCUT2D eigenvalue weighted by Gasteiger charge is -2.10. The summed E-state index contributed by atoms with van der Waals surface area (Å²) in [4.78, 5) is 11.0. The van der Waals surface area contributed by atoms with E-state index in [2.05, 4.69) is 10.6 Å². The maximum atomic E-state index is 11.0. The average molecular weight is 284 g/mol. The quantitative estimate of drug-likeness (QED) is 0.634. The second kappa shape index (κ2) is 6.76. The molecule has 21 heavy (non-hydrogen) atoms. The van der Waals surface area contributed by atoms with Crippen LogP contribution in [0.3, 0.4) is 0 Å². The van der Waals surface area contributed by atoms with Crippen LogP contribution in [0.5, 0.6) is 0 Å². The zero-order valence-corrected chi connectivity index (χ0v) is 12.0. The summed E-state index contributed by atoms with van der Waals surface area (Å²) in [7, 11) is 0. The molecule has 0 aliphatic heterocycles. The molecule has 5 heteroatoms. The Labute approximate surface area is 124 Å². The minimum Gasteiger partial charge on any atom is -0.398 e. The van der Waals surface area contributed by atoms with Gasteiger partial charge in [0.15, 0.2) is 0 Å². The van der Waals surface area contributed by atoms with Gasteiger partial charge in [-0.2, -0.15) is 0 Å². The summed E-state index contributed by atoms with van der Waals surface area (Å²) >= 11 is 0. The molecule has 110 valence electrons. The summed E-state index contributed by atoms with van der Waals surface area (Å²) in [6, 6.07) is 13.4. The van der Waals surface area contributed by atoms with Crippen LogP contribution in [0.2, 0.25) is 0 Å². The number of rotatable bonds is 5.